The number of halogens is 2. The third-order valence-corrected chi connectivity index (χ3v) is 4.62. The molecule has 0 atom stereocenters. The summed E-state index contributed by atoms with van der Waals surface area (Å²) in [6.45, 7) is 3.82. The van der Waals surface area contributed by atoms with Gasteiger partial charge >= 0.3 is 0 Å². The van der Waals surface area contributed by atoms with Gasteiger partial charge in [-0.1, -0.05) is 48.9 Å². The molecule has 0 saturated carbocycles. The van der Waals surface area contributed by atoms with Crippen LogP contribution in [0.1, 0.15) is 12.5 Å². The molecule has 2 aromatic carbocycles. The Bertz CT molecular complexity index is 648. The molecule has 0 aliphatic heterocycles. The molecule has 0 aliphatic carbocycles. The lowest BCUT2D eigenvalue weighted by atomic mass is 10.2. The van der Waals surface area contributed by atoms with Crippen molar-refractivity contribution in [3.63, 3.8) is 0 Å². The Kier molecular flexibility index (Phi) is 6.67. The zero-order valence-corrected chi connectivity index (χ0v) is 15.3. The summed E-state index contributed by atoms with van der Waals surface area (Å²) in [6.07, 6.45) is 0. The van der Waals surface area contributed by atoms with Crippen LogP contribution in [0.3, 0.4) is 0 Å². The van der Waals surface area contributed by atoms with E-state index in [-0.39, 0.29) is 5.91 Å². The summed E-state index contributed by atoms with van der Waals surface area (Å²) in [6, 6.07) is 15.5. The summed E-state index contributed by atoms with van der Waals surface area (Å²) in [4.78, 5) is 14.3. The minimum absolute atomic E-state index is 0.0157. The molecule has 3 nitrogen and oxygen atoms in total. The first-order valence-electron chi connectivity index (χ1n) is 7.10. The summed E-state index contributed by atoms with van der Waals surface area (Å²) < 4.78 is 1.03. The maximum atomic E-state index is 12.2. The normalized spacial score (nSPS) is 10.7. The fourth-order valence-electron chi connectivity index (χ4n) is 2.10. The average molecular weight is 429 g/mol. The highest BCUT2D eigenvalue weighted by Crippen LogP contribution is 2.18. The van der Waals surface area contributed by atoms with E-state index in [0.29, 0.717) is 13.1 Å². The number of rotatable bonds is 6. The minimum atomic E-state index is -0.0157. The molecular weight excluding hydrogens is 411 g/mol. The molecule has 0 radical (unpaired) electrons. The number of nitrogens with one attached hydrogen (secondary N) is 1. The highest BCUT2D eigenvalue weighted by Gasteiger charge is 2.12. The monoisotopic (exact) mass is 428 g/mol. The quantitative estimate of drug-likeness (QED) is 0.692. The van der Waals surface area contributed by atoms with Crippen LogP contribution in [0.4, 0.5) is 5.69 Å². The van der Waals surface area contributed by atoms with Crippen LogP contribution in [-0.2, 0) is 11.3 Å². The van der Waals surface area contributed by atoms with Gasteiger partial charge < -0.3 is 5.32 Å². The second-order valence-electron chi connectivity index (χ2n) is 4.92. The van der Waals surface area contributed by atoms with Gasteiger partial charge in [-0.05, 0) is 52.9 Å². The molecule has 0 spiro atoms. The van der Waals surface area contributed by atoms with E-state index in [4.69, 9.17) is 11.6 Å². The number of carbonyl (C=O) groups is 1. The molecular formula is C17H18ClIN2O. The van der Waals surface area contributed by atoms with E-state index in [0.717, 1.165) is 26.4 Å². The molecule has 1 amide bonds. The number of hydrogen-bond donors (Lipinski definition) is 1. The third kappa shape index (κ3) is 4.97. The zero-order valence-electron chi connectivity index (χ0n) is 12.4. The Morgan fingerprint density at radius 3 is 2.55 bits per heavy atom. The zero-order chi connectivity index (χ0) is 15.9. The number of para-hydroxylation sites is 1. The summed E-state index contributed by atoms with van der Waals surface area (Å²) in [5.74, 6) is -0.0157. The van der Waals surface area contributed by atoms with Gasteiger partial charge in [0, 0.05) is 15.1 Å². The molecule has 2 rings (SSSR count). The van der Waals surface area contributed by atoms with Crippen molar-refractivity contribution in [1.82, 2.24) is 4.90 Å². The molecule has 0 saturated heterocycles. The van der Waals surface area contributed by atoms with Crippen LogP contribution >= 0.6 is 34.2 Å². The smallest absolute Gasteiger partial charge is 0.238 e. The topological polar surface area (TPSA) is 32.3 Å². The van der Waals surface area contributed by atoms with Crippen LogP contribution in [0, 0.1) is 3.57 Å². The molecule has 1 N–H and O–H groups in total. The lowest BCUT2D eigenvalue weighted by molar-refractivity contribution is -0.117. The minimum Gasteiger partial charge on any atom is -0.324 e. The Hall–Kier alpha value is -1.11. The van der Waals surface area contributed by atoms with Gasteiger partial charge in [-0.2, -0.15) is 0 Å². The lowest BCUT2D eigenvalue weighted by Crippen LogP contribution is -2.33. The molecule has 0 unspecified atom stereocenters. The van der Waals surface area contributed by atoms with Gasteiger partial charge in [-0.3, -0.25) is 9.69 Å². The first-order chi connectivity index (χ1) is 10.6. The number of likely N-dealkylation sites (N-methyl/N-ethyl adjacent to an activating group) is 1. The van der Waals surface area contributed by atoms with Gasteiger partial charge in [0.2, 0.25) is 5.91 Å². The number of hydrogen-bond acceptors (Lipinski definition) is 2. The van der Waals surface area contributed by atoms with Gasteiger partial charge in [0.15, 0.2) is 0 Å². The lowest BCUT2D eigenvalue weighted by Gasteiger charge is -2.20. The molecule has 2 aromatic rings. The van der Waals surface area contributed by atoms with E-state index in [2.05, 4.69) is 32.8 Å². The molecule has 116 valence electrons. The number of carbonyl (C=O) groups excluding carboxylic acids is 1. The van der Waals surface area contributed by atoms with E-state index < -0.39 is 0 Å². The summed E-state index contributed by atoms with van der Waals surface area (Å²) in [5, 5.41) is 3.69. The van der Waals surface area contributed by atoms with Crippen molar-refractivity contribution in [2.24, 2.45) is 0 Å². The fourth-order valence-corrected chi connectivity index (χ4v) is 2.82. The van der Waals surface area contributed by atoms with E-state index in [1.807, 2.05) is 55.5 Å². The molecule has 0 aliphatic rings. The second-order valence-corrected chi connectivity index (χ2v) is 6.49. The van der Waals surface area contributed by atoms with Crippen LogP contribution in [0.2, 0.25) is 5.02 Å². The maximum Gasteiger partial charge on any atom is 0.238 e. The summed E-state index contributed by atoms with van der Waals surface area (Å²) in [5.41, 5.74) is 1.88. The highest BCUT2D eigenvalue weighted by molar-refractivity contribution is 14.1. The van der Waals surface area contributed by atoms with Crippen LogP contribution in [0.5, 0.6) is 0 Å². The first-order valence-corrected chi connectivity index (χ1v) is 8.56. The molecule has 0 aromatic heterocycles. The van der Waals surface area contributed by atoms with Gasteiger partial charge in [-0.25, -0.2) is 0 Å². The molecule has 0 fully saturated rings. The van der Waals surface area contributed by atoms with Crippen molar-refractivity contribution >= 4 is 45.8 Å². The van der Waals surface area contributed by atoms with Crippen molar-refractivity contribution in [2.75, 3.05) is 18.4 Å². The predicted octanol–water partition coefficient (Wildman–Crippen LogP) is 4.41. The molecule has 0 heterocycles. The number of amides is 1. The highest BCUT2D eigenvalue weighted by atomic mass is 127. The average Bonchev–Trinajstić information content (AvgIpc) is 2.51. The van der Waals surface area contributed by atoms with Crippen molar-refractivity contribution in [3.8, 4) is 0 Å². The molecule has 0 bridgehead atoms. The summed E-state index contributed by atoms with van der Waals surface area (Å²) >= 11 is 8.40. The van der Waals surface area contributed by atoms with Gasteiger partial charge in [0.05, 0.1) is 12.2 Å². The first kappa shape index (κ1) is 17.2. The van der Waals surface area contributed by atoms with Gasteiger partial charge in [-0.15, -0.1) is 0 Å². The van der Waals surface area contributed by atoms with E-state index in [1.165, 1.54) is 0 Å². The number of anilines is 1. The summed E-state index contributed by atoms with van der Waals surface area (Å²) in [7, 11) is 0. The maximum absolute atomic E-state index is 12.2. The largest absolute Gasteiger partial charge is 0.324 e. The van der Waals surface area contributed by atoms with Crippen LogP contribution in [0.15, 0.2) is 48.5 Å². The van der Waals surface area contributed by atoms with E-state index in [1.54, 1.807) is 0 Å². The van der Waals surface area contributed by atoms with Crippen molar-refractivity contribution in [2.45, 2.75) is 13.5 Å². The number of nitrogens with zero attached hydrogens (tertiary/aromatic N) is 1. The Labute approximate surface area is 149 Å². The van der Waals surface area contributed by atoms with Crippen LogP contribution in [-0.4, -0.2) is 23.9 Å². The SMILES string of the molecule is CCN(CC(=O)Nc1ccccc1I)Cc1ccccc1Cl. The van der Waals surface area contributed by atoms with Crippen LogP contribution in [0.25, 0.3) is 0 Å². The van der Waals surface area contributed by atoms with Crippen molar-refractivity contribution in [1.29, 1.82) is 0 Å². The standard InChI is InChI=1S/C17H18ClIN2O/c1-2-21(11-13-7-3-4-8-14(13)18)12-17(22)20-16-10-6-5-9-15(16)19/h3-10H,2,11-12H2,1H3,(H,20,22). The third-order valence-electron chi connectivity index (χ3n) is 3.31. The second kappa shape index (κ2) is 8.50. The van der Waals surface area contributed by atoms with Crippen LogP contribution < -0.4 is 5.32 Å². The van der Waals surface area contributed by atoms with Gasteiger partial charge in [0.25, 0.3) is 0 Å². The van der Waals surface area contributed by atoms with Crippen molar-refractivity contribution in [3.05, 3.63) is 62.7 Å². The Morgan fingerprint density at radius 2 is 1.86 bits per heavy atom. The Balaban J connectivity index is 1.97. The predicted molar refractivity (Wildman–Crippen MR) is 100 cm³/mol. The van der Waals surface area contributed by atoms with E-state index >= 15 is 0 Å². The molecule has 22 heavy (non-hydrogen) atoms. The number of benzene rings is 2. The van der Waals surface area contributed by atoms with Gasteiger partial charge in [0.1, 0.15) is 0 Å². The Morgan fingerprint density at radius 1 is 1.18 bits per heavy atom. The van der Waals surface area contributed by atoms with E-state index in [9.17, 15) is 4.79 Å². The van der Waals surface area contributed by atoms with Crippen molar-refractivity contribution < 1.29 is 4.79 Å². The fraction of sp³-hybridized carbons (Fsp3) is 0.235. The molecule has 5 heteroatoms.